The van der Waals surface area contributed by atoms with Gasteiger partial charge in [-0.3, -0.25) is 9.48 Å². The Morgan fingerprint density at radius 2 is 2.07 bits per heavy atom. The highest BCUT2D eigenvalue weighted by Gasteiger charge is 2.30. The van der Waals surface area contributed by atoms with Gasteiger partial charge in [0.1, 0.15) is 5.76 Å². The quantitative estimate of drug-likeness (QED) is 0.652. The van der Waals surface area contributed by atoms with Crippen molar-refractivity contribution in [3.8, 4) is 11.3 Å². The molecule has 0 unspecified atom stereocenters. The molecule has 0 atom stereocenters. The monoisotopic (exact) mass is 377 g/mol. The van der Waals surface area contributed by atoms with Gasteiger partial charge in [0, 0.05) is 24.8 Å². The molecule has 3 rings (SSSR count). The summed E-state index contributed by atoms with van der Waals surface area (Å²) >= 11 is 0. The predicted molar refractivity (Wildman–Crippen MR) is 93.1 cm³/mol. The molecule has 0 spiro atoms. The van der Waals surface area contributed by atoms with Gasteiger partial charge >= 0.3 is 6.18 Å². The third kappa shape index (κ3) is 4.78. The molecule has 0 aliphatic rings. The summed E-state index contributed by atoms with van der Waals surface area (Å²) in [5.74, 6) is -0.152. The predicted octanol–water partition coefficient (Wildman–Crippen LogP) is 4.29. The summed E-state index contributed by atoms with van der Waals surface area (Å²) in [6, 6.07) is 7.71. The van der Waals surface area contributed by atoms with Crippen LogP contribution in [0.2, 0.25) is 0 Å². The van der Waals surface area contributed by atoms with Crippen LogP contribution >= 0.6 is 0 Å². The zero-order valence-corrected chi connectivity index (χ0v) is 14.6. The summed E-state index contributed by atoms with van der Waals surface area (Å²) < 4.78 is 45.7. The first-order valence-electron chi connectivity index (χ1n) is 8.37. The van der Waals surface area contributed by atoms with E-state index in [9.17, 15) is 18.0 Å². The third-order valence-electron chi connectivity index (χ3n) is 3.92. The minimum Gasteiger partial charge on any atom is -0.451 e. The summed E-state index contributed by atoms with van der Waals surface area (Å²) in [5, 5.41) is 6.88. The van der Waals surface area contributed by atoms with Gasteiger partial charge in [0.05, 0.1) is 11.8 Å². The van der Waals surface area contributed by atoms with Gasteiger partial charge in [-0.15, -0.1) is 0 Å². The smallest absolute Gasteiger partial charge is 0.416 e. The number of furan rings is 1. The van der Waals surface area contributed by atoms with Crippen molar-refractivity contribution in [2.75, 3.05) is 6.54 Å². The van der Waals surface area contributed by atoms with Crippen LogP contribution in [-0.2, 0) is 12.7 Å². The van der Waals surface area contributed by atoms with Crippen LogP contribution in [0.15, 0.2) is 53.2 Å². The van der Waals surface area contributed by atoms with Crippen LogP contribution in [-0.4, -0.2) is 22.2 Å². The van der Waals surface area contributed by atoms with Crippen LogP contribution < -0.4 is 5.32 Å². The van der Waals surface area contributed by atoms with E-state index in [0.29, 0.717) is 19.5 Å². The molecule has 142 valence electrons. The highest BCUT2D eigenvalue weighted by Crippen LogP contribution is 2.32. The molecule has 0 aliphatic heterocycles. The maximum absolute atomic E-state index is 12.8. The first-order chi connectivity index (χ1) is 12.8. The van der Waals surface area contributed by atoms with Gasteiger partial charge < -0.3 is 9.73 Å². The largest absolute Gasteiger partial charge is 0.451 e. The van der Waals surface area contributed by atoms with Gasteiger partial charge in [-0.1, -0.05) is 12.1 Å². The van der Waals surface area contributed by atoms with Crippen LogP contribution in [0.25, 0.3) is 11.3 Å². The number of aryl methyl sites for hydroxylation is 2. The highest BCUT2D eigenvalue weighted by molar-refractivity contribution is 5.92. The summed E-state index contributed by atoms with van der Waals surface area (Å²) in [6.45, 7) is 3.04. The lowest BCUT2D eigenvalue weighted by molar-refractivity contribution is -0.137. The number of hydrogen-bond donors (Lipinski definition) is 1. The molecule has 0 fully saturated rings. The zero-order valence-electron chi connectivity index (χ0n) is 14.6. The number of nitrogens with zero attached hydrogens (tertiary/aromatic N) is 2. The molecule has 3 aromatic rings. The second-order valence-electron chi connectivity index (χ2n) is 6.13. The average Bonchev–Trinajstić information content (AvgIpc) is 3.27. The number of carbonyl (C=O) groups excluding carboxylic acids is 1. The molecule has 5 nitrogen and oxygen atoms in total. The van der Waals surface area contributed by atoms with E-state index >= 15 is 0 Å². The summed E-state index contributed by atoms with van der Waals surface area (Å²) in [7, 11) is 0. The van der Waals surface area contributed by atoms with E-state index in [0.717, 1.165) is 17.7 Å². The Bertz CT molecular complexity index is 928. The average molecular weight is 377 g/mol. The number of hydrogen-bond acceptors (Lipinski definition) is 3. The van der Waals surface area contributed by atoms with Gasteiger partial charge in [0.15, 0.2) is 5.76 Å². The van der Waals surface area contributed by atoms with E-state index in [4.69, 9.17) is 4.42 Å². The first-order valence-corrected chi connectivity index (χ1v) is 8.37. The molecule has 0 aliphatic carbocycles. The highest BCUT2D eigenvalue weighted by atomic mass is 19.4. The van der Waals surface area contributed by atoms with Gasteiger partial charge in [-0.25, -0.2) is 0 Å². The molecule has 0 radical (unpaired) electrons. The summed E-state index contributed by atoms with van der Waals surface area (Å²) in [6.07, 6.45) is -0.0730. The van der Waals surface area contributed by atoms with E-state index in [-0.39, 0.29) is 17.1 Å². The Kier molecular flexibility index (Phi) is 5.34. The Labute approximate surface area is 153 Å². The van der Waals surface area contributed by atoms with Crippen molar-refractivity contribution in [2.24, 2.45) is 0 Å². The van der Waals surface area contributed by atoms with Crippen molar-refractivity contribution in [3.05, 3.63) is 65.7 Å². The second kappa shape index (κ2) is 7.69. The summed E-state index contributed by atoms with van der Waals surface area (Å²) in [4.78, 5) is 12.1. The van der Waals surface area contributed by atoms with Crippen LogP contribution in [0.1, 0.15) is 28.1 Å². The molecule has 1 aromatic carbocycles. The number of benzene rings is 1. The molecular weight excluding hydrogens is 359 g/mol. The fourth-order valence-corrected chi connectivity index (χ4v) is 2.58. The number of halogens is 3. The lowest BCUT2D eigenvalue weighted by Gasteiger charge is -2.07. The lowest BCUT2D eigenvalue weighted by atomic mass is 10.1. The molecule has 2 heterocycles. The SMILES string of the molecule is Cc1cnn(CCCNC(=O)c2ccc(-c3cccc(C(F)(F)F)c3)o2)c1. The van der Waals surface area contributed by atoms with Crippen LogP contribution in [0.5, 0.6) is 0 Å². The van der Waals surface area contributed by atoms with E-state index < -0.39 is 17.6 Å². The maximum Gasteiger partial charge on any atom is 0.416 e. The van der Waals surface area contributed by atoms with Crippen LogP contribution in [0, 0.1) is 6.92 Å². The number of carbonyl (C=O) groups is 1. The number of aromatic nitrogens is 2. The molecule has 1 amide bonds. The van der Waals surface area contributed by atoms with Crippen molar-refractivity contribution in [1.29, 1.82) is 0 Å². The Morgan fingerprint density at radius 1 is 1.26 bits per heavy atom. The molecule has 8 heteroatoms. The standard InChI is InChI=1S/C19H18F3N3O2/c1-13-11-24-25(12-13)9-3-8-23-18(26)17-7-6-16(27-17)14-4-2-5-15(10-14)19(20,21)22/h2,4-7,10-12H,3,8-9H2,1H3,(H,23,26). The molecule has 0 bridgehead atoms. The Balaban J connectivity index is 1.57. The Hall–Kier alpha value is -3.03. The number of rotatable bonds is 6. The lowest BCUT2D eigenvalue weighted by Crippen LogP contribution is -2.24. The van der Waals surface area contributed by atoms with Crippen molar-refractivity contribution in [3.63, 3.8) is 0 Å². The minimum absolute atomic E-state index is 0.0531. The maximum atomic E-state index is 12.8. The number of alkyl halides is 3. The third-order valence-corrected chi connectivity index (χ3v) is 3.92. The normalized spacial score (nSPS) is 11.6. The fourth-order valence-electron chi connectivity index (χ4n) is 2.58. The molecule has 0 saturated carbocycles. The Morgan fingerprint density at radius 3 is 2.78 bits per heavy atom. The molecular formula is C19H18F3N3O2. The molecule has 1 N–H and O–H groups in total. The van der Waals surface area contributed by atoms with E-state index in [2.05, 4.69) is 10.4 Å². The van der Waals surface area contributed by atoms with Crippen LogP contribution in [0.4, 0.5) is 13.2 Å². The van der Waals surface area contributed by atoms with E-state index in [1.54, 1.807) is 10.9 Å². The zero-order chi connectivity index (χ0) is 19.4. The van der Waals surface area contributed by atoms with Gasteiger partial charge in [0.25, 0.3) is 5.91 Å². The molecule has 0 saturated heterocycles. The van der Waals surface area contributed by atoms with Crippen molar-refractivity contribution >= 4 is 5.91 Å². The van der Waals surface area contributed by atoms with Crippen molar-refractivity contribution < 1.29 is 22.4 Å². The number of amides is 1. The van der Waals surface area contributed by atoms with Crippen molar-refractivity contribution in [1.82, 2.24) is 15.1 Å². The van der Waals surface area contributed by atoms with Crippen LogP contribution in [0.3, 0.4) is 0 Å². The minimum atomic E-state index is -4.43. The van der Waals surface area contributed by atoms with Gasteiger partial charge in [-0.2, -0.15) is 18.3 Å². The second-order valence-corrected chi connectivity index (χ2v) is 6.13. The van der Waals surface area contributed by atoms with E-state index in [1.165, 1.54) is 24.3 Å². The van der Waals surface area contributed by atoms with Gasteiger partial charge in [0.2, 0.25) is 0 Å². The first kappa shape index (κ1) is 18.8. The van der Waals surface area contributed by atoms with E-state index in [1.807, 2.05) is 13.1 Å². The molecule has 2 aromatic heterocycles. The van der Waals surface area contributed by atoms with Crippen molar-refractivity contribution in [2.45, 2.75) is 26.1 Å². The fraction of sp³-hybridized carbons (Fsp3) is 0.263. The topological polar surface area (TPSA) is 60.1 Å². The number of nitrogens with one attached hydrogen (secondary N) is 1. The summed E-state index contributed by atoms with van der Waals surface area (Å²) in [5.41, 5.74) is 0.561. The van der Waals surface area contributed by atoms with Gasteiger partial charge in [-0.05, 0) is 43.2 Å². The molecule has 27 heavy (non-hydrogen) atoms.